The van der Waals surface area contributed by atoms with Crippen molar-refractivity contribution in [3.63, 3.8) is 0 Å². The molecule has 1 saturated carbocycles. The summed E-state index contributed by atoms with van der Waals surface area (Å²) >= 11 is 0. The first-order chi connectivity index (χ1) is 5.15. The zero-order valence-electron chi connectivity index (χ0n) is 8.01. The van der Waals surface area contributed by atoms with Crippen molar-refractivity contribution in [3.05, 3.63) is 12.7 Å². The molecule has 0 saturated heterocycles. The van der Waals surface area contributed by atoms with Crippen LogP contribution in [-0.2, 0) is 0 Å². The molecule has 1 fully saturated rings. The van der Waals surface area contributed by atoms with Crippen LogP contribution in [0.3, 0.4) is 0 Å². The highest BCUT2D eigenvalue weighted by Gasteiger charge is 2.35. The molecule has 0 amide bonds. The maximum absolute atomic E-state index is 3.83. The standard InChI is InChI=1S/C11H20/c1-5-10-7-11(10)6-9(4)8(2)3/h5,8-11H,1,6-7H2,2-4H3. The first kappa shape index (κ1) is 8.83. The molecular weight excluding hydrogens is 132 g/mol. The predicted molar refractivity (Wildman–Crippen MR) is 50.4 cm³/mol. The van der Waals surface area contributed by atoms with Crippen LogP contribution < -0.4 is 0 Å². The monoisotopic (exact) mass is 152 g/mol. The third-order valence-electron chi connectivity index (χ3n) is 3.09. The highest BCUT2D eigenvalue weighted by Crippen LogP contribution is 2.44. The molecule has 11 heavy (non-hydrogen) atoms. The van der Waals surface area contributed by atoms with Crippen LogP contribution >= 0.6 is 0 Å². The zero-order chi connectivity index (χ0) is 8.43. The van der Waals surface area contributed by atoms with Crippen molar-refractivity contribution >= 4 is 0 Å². The molecule has 0 aromatic carbocycles. The Morgan fingerprint density at radius 3 is 2.45 bits per heavy atom. The van der Waals surface area contributed by atoms with Gasteiger partial charge in [0.05, 0.1) is 0 Å². The van der Waals surface area contributed by atoms with E-state index in [9.17, 15) is 0 Å². The lowest BCUT2D eigenvalue weighted by Gasteiger charge is -2.14. The molecule has 3 atom stereocenters. The summed E-state index contributed by atoms with van der Waals surface area (Å²) in [6, 6.07) is 0. The van der Waals surface area contributed by atoms with E-state index in [2.05, 4.69) is 33.4 Å². The van der Waals surface area contributed by atoms with Gasteiger partial charge in [0.15, 0.2) is 0 Å². The average molecular weight is 152 g/mol. The fraction of sp³-hybridized carbons (Fsp3) is 0.818. The lowest BCUT2D eigenvalue weighted by Crippen LogP contribution is -2.04. The van der Waals surface area contributed by atoms with Crippen LogP contribution in [0.4, 0.5) is 0 Å². The molecule has 0 aromatic heterocycles. The summed E-state index contributed by atoms with van der Waals surface area (Å²) in [4.78, 5) is 0. The van der Waals surface area contributed by atoms with Crippen LogP contribution in [0.15, 0.2) is 12.7 Å². The van der Waals surface area contributed by atoms with Crippen LogP contribution in [-0.4, -0.2) is 0 Å². The molecule has 0 aliphatic heterocycles. The molecule has 0 spiro atoms. The van der Waals surface area contributed by atoms with Crippen LogP contribution in [0.25, 0.3) is 0 Å². The summed E-state index contributed by atoms with van der Waals surface area (Å²) in [6.07, 6.45) is 4.94. The van der Waals surface area contributed by atoms with Crippen molar-refractivity contribution in [2.75, 3.05) is 0 Å². The van der Waals surface area contributed by atoms with Crippen molar-refractivity contribution < 1.29 is 0 Å². The van der Waals surface area contributed by atoms with Gasteiger partial charge in [-0.3, -0.25) is 0 Å². The minimum absolute atomic E-state index is 0.848. The summed E-state index contributed by atoms with van der Waals surface area (Å²) in [5.41, 5.74) is 0. The largest absolute Gasteiger partial charge is 0.103 e. The van der Waals surface area contributed by atoms with E-state index in [-0.39, 0.29) is 0 Å². The second-order valence-corrected chi connectivity index (χ2v) is 4.35. The molecule has 3 unspecified atom stereocenters. The van der Waals surface area contributed by atoms with Gasteiger partial charge >= 0.3 is 0 Å². The average Bonchev–Trinajstić information content (AvgIpc) is 2.67. The summed E-state index contributed by atoms with van der Waals surface area (Å²) in [6.45, 7) is 10.8. The van der Waals surface area contributed by atoms with E-state index >= 15 is 0 Å². The summed E-state index contributed by atoms with van der Waals surface area (Å²) in [7, 11) is 0. The van der Waals surface area contributed by atoms with Crippen LogP contribution in [0.2, 0.25) is 0 Å². The molecule has 1 aliphatic rings. The second kappa shape index (κ2) is 3.42. The first-order valence-corrected chi connectivity index (χ1v) is 4.77. The van der Waals surface area contributed by atoms with Gasteiger partial charge in [0.2, 0.25) is 0 Å². The lowest BCUT2D eigenvalue weighted by atomic mass is 9.92. The topological polar surface area (TPSA) is 0 Å². The number of allylic oxidation sites excluding steroid dienone is 1. The Bertz CT molecular complexity index is 135. The summed E-state index contributed by atoms with van der Waals surface area (Å²) in [5.74, 6) is 3.58. The molecule has 0 radical (unpaired) electrons. The molecule has 0 aromatic rings. The highest BCUT2D eigenvalue weighted by atomic mass is 14.4. The fourth-order valence-electron chi connectivity index (χ4n) is 1.58. The molecule has 0 nitrogen and oxygen atoms in total. The molecular formula is C11H20. The lowest BCUT2D eigenvalue weighted by molar-refractivity contribution is 0.369. The Morgan fingerprint density at radius 2 is 2.09 bits per heavy atom. The molecule has 0 N–H and O–H groups in total. The van der Waals surface area contributed by atoms with Crippen molar-refractivity contribution in [3.8, 4) is 0 Å². The van der Waals surface area contributed by atoms with Gasteiger partial charge in [-0.1, -0.05) is 26.8 Å². The number of rotatable bonds is 4. The molecule has 0 heteroatoms. The van der Waals surface area contributed by atoms with E-state index in [4.69, 9.17) is 0 Å². The third-order valence-corrected chi connectivity index (χ3v) is 3.09. The smallest absolute Gasteiger partial charge is 0.0205 e. The fourth-order valence-corrected chi connectivity index (χ4v) is 1.58. The van der Waals surface area contributed by atoms with E-state index in [1.54, 1.807) is 0 Å². The van der Waals surface area contributed by atoms with E-state index in [0.29, 0.717) is 0 Å². The molecule has 1 rings (SSSR count). The highest BCUT2D eigenvalue weighted by molar-refractivity contribution is 4.98. The van der Waals surface area contributed by atoms with E-state index in [0.717, 1.165) is 23.7 Å². The van der Waals surface area contributed by atoms with Crippen molar-refractivity contribution in [2.24, 2.45) is 23.7 Å². The number of hydrogen-bond acceptors (Lipinski definition) is 0. The van der Waals surface area contributed by atoms with E-state index in [1.807, 2.05) is 0 Å². The van der Waals surface area contributed by atoms with Crippen molar-refractivity contribution in [2.45, 2.75) is 33.6 Å². The van der Waals surface area contributed by atoms with Gasteiger partial charge in [-0.2, -0.15) is 0 Å². The van der Waals surface area contributed by atoms with Gasteiger partial charge in [0.25, 0.3) is 0 Å². The maximum atomic E-state index is 3.83. The Hall–Kier alpha value is -0.260. The molecule has 0 heterocycles. The van der Waals surface area contributed by atoms with Gasteiger partial charge in [-0.25, -0.2) is 0 Å². The predicted octanol–water partition coefficient (Wildman–Crippen LogP) is 3.49. The van der Waals surface area contributed by atoms with Crippen LogP contribution in [0.1, 0.15) is 33.6 Å². The maximum Gasteiger partial charge on any atom is -0.0205 e. The SMILES string of the molecule is C=CC1CC1CC(C)C(C)C. The van der Waals surface area contributed by atoms with Crippen molar-refractivity contribution in [1.82, 2.24) is 0 Å². The normalized spacial score (nSPS) is 32.0. The Morgan fingerprint density at radius 1 is 1.45 bits per heavy atom. The second-order valence-electron chi connectivity index (χ2n) is 4.35. The molecule has 0 bridgehead atoms. The Labute approximate surface area is 70.7 Å². The third kappa shape index (κ3) is 2.36. The summed E-state index contributed by atoms with van der Waals surface area (Å²) in [5, 5.41) is 0. The van der Waals surface area contributed by atoms with E-state index < -0.39 is 0 Å². The first-order valence-electron chi connectivity index (χ1n) is 4.77. The number of hydrogen-bond donors (Lipinski definition) is 0. The van der Waals surface area contributed by atoms with E-state index in [1.165, 1.54) is 12.8 Å². The van der Waals surface area contributed by atoms with Crippen molar-refractivity contribution in [1.29, 1.82) is 0 Å². The Balaban J connectivity index is 2.17. The minimum Gasteiger partial charge on any atom is -0.103 e. The quantitative estimate of drug-likeness (QED) is 0.541. The molecule has 64 valence electrons. The van der Waals surface area contributed by atoms with Gasteiger partial charge in [-0.15, -0.1) is 6.58 Å². The van der Waals surface area contributed by atoms with Crippen LogP contribution in [0.5, 0.6) is 0 Å². The van der Waals surface area contributed by atoms with Gasteiger partial charge < -0.3 is 0 Å². The zero-order valence-corrected chi connectivity index (χ0v) is 8.01. The minimum atomic E-state index is 0.848. The molecule has 1 aliphatic carbocycles. The summed E-state index contributed by atoms with van der Waals surface area (Å²) < 4.78 is 0. The van der Waals surface area contributed by atoms with Gasteiger partial charge in [0, 0.05) is 0 Å². The Kier molecular flexibility index (Phi) is 2.75. The van der Waals surface area contributed by atoms with Gasteiger partial charge in [0.1, 0.15) is 0 Å². The van der Waals surface area contributed by atoms with Gasteiger partial charge in [-0.05, 0) is 36.5 Å². The van der Waals surface area contributed by atoms with Crippen LogP contribution in [0, 0.1) is 23.7 Å².